The second kappa shape index (κ2) is 13.3. The Bertz CT molecular complexity index is 1350. The number of methoxy groups -OCH3 is 1. The van der Waals surface area contributed by atoms with Crippen molar-refractivity contribution >= 4 is 24.2 Å². The fourth-order valence-electron chi connectivity index (χ4n) is 11.5. The van der Waals surface area contributed by atoms with Gasteiger partial charge in [-0.1, -0.05) is 64.5 Å². The average Bonchev–Trinajstić information content (AvgIpc) is 3.72. The number of aliphatic carboxylic acids is 2. The lowest BCUT2D eigenvalue weighted by atomic mass is 9.43. The minimum absolute atomic E-state index is 0.0214. The Labute approximate surface area is 288 Å². The molecule has 4 aliphatic carbocycles. The summed E-state index contributed by atoms with van der Waals surface area (Å²) in [5, 5.41) is 32.0. The number of aldehydes is 1. The van der Waals surface area contributed by atoms with E-state index in [1.165, 1.54) is 7.11 Å². The van der Waals surface area contributed by atoms with E-state index in [9.17, 15) is 29.4 Å². The highest BCUT2D eigenvalue weighted by Crippen LogP contribution is 2.82. The van der Waals surface area contributed by atoms with Crippen LogP contribution in [0.25, 0.3) is 0 Å². The Balaban J connectivity index is 1.23. The van der Waals surface area contributed by atoms with Crippen molar-refractivity contribution < 1.29 is 58.2 Å². The van der Waals surface area contributed by atoms with Gasteiger partial charge in [0.25, 0.3) is 5.79 Å². The first-order chi connectivity index (χ1) is 23.3. The molecule has 3 N–H and O–H groups in total. The summed E-state index contributed by atoms with van der Waals surface area (Å²) in [7, 11) is 1.42. The number of esters is 1. The Morgan fingerprint density at radius 3 is 2.45 bits per heavy atom. The number of allylic oxidation sites excluding steroid dienone is 1. The van der Waals surface area contributed by atoms with E-state index < -0.39 is 70.6 Å². The van der Waals surface area contributed by atoms with E-state index in [2.05, 4.69) is 13.0 Å². The van der Waals surface area contributed by atoms with Crippen LogP contribution < -0.4 is 0 Å². The summed E-state index contributed by atoms with van der Waals surface area (Å²) >= 11 is 0. The van der Waals surface area contributed by atoms with E-state index in [0.717, 1.165) is 44.0 Å². The van der Waals surface area contributed by atoms with Gasteiger partial charge in [0, 0.05) is 18.9 Å². The van der Waals surface area contributed by atoms with Gasteiger partial charge in [-0.05, 0) is 68.6 Å². The van der Waals surface area contributed by atoms with Crippen LogP contribution >= 0.6 is 0 Å². The molecule has 2 aliphatic heterocycles. The van der Waals surface area contributed by atoms with Gasteiger partial charge < -0.3 is 43.8 Å². The molecule has 13 atom stereocenters. The Morgan fingerprint density at radius 1 is 1.08 bits per heavy atom. The standard InChI is InChI=1S/C37H54O12/c1-20(2)26-15-23-16-34(18-38)25-14-13-21(3)24(25)17-35(23,36(26,34)33(43)44)19-46-32-29(41)37(30(45-5)22(4)47-32)48-27(31(42)49-37)11-9-7-6-8-10-12-28(39)40/h15,18,20-25,27,29-30,32,41H,6-14,16-17,19H2,1-5H3,(H,39,40)(H,43,44)/t21-,22-,23?,24?,25?,27+,29-,30-,32-,34+,35?,36-,37-/m1/s1. The first kappa shape index (κ1) is 36.4. The van der Waals surface area contributed by atoms with Gasteiger partial charge in [0.1, 0.15) is 11.7 Å². The largest absolute Gasteiger partial charge is 0.481 e. The fourth-order valence-corrected chi connectivity index (χ4v) is 11.5. The Kier molecular flexibility index (Phi) is 9.89. The zero-order chi connectivity index (χ0) is 35.5. The molecule has 49 heavy (non-hydrogen) atoms. The zero-order valence-corrected chi connectivity index (χ0v) is 29.4. The van der Waals surface area contributed by atoms with E-state index in [1.54, 1.807) is 6.92 Å². The molecule has 12 heteroatoms. The fraction of sp³-hybridized carbons (Fsp3) is 0.838. The predicted molar refractivity (Wildman–Crippen MR) is 173 cm³/mol. The quantitative estimate of drug-likeness (QED) is 0.0951. The number of aliphatic hydroxyl groups excluding tert-OH is 1. The summed E-state index contributed by atoms with van der Waals surface area (Å²) in [5.41, 5.74) is -2.64. The molecule has 4 bridgehead atoms. The molecule has 3 saturated carbocycles. The zero-order valence-electron chi connectivity index (χ0n) is 29.4. The summed E-state index contributed by atoms with van der Waals surface area (Å²) in [6.45, 7) is 7.82. The summed E-state index contributed by atoms with van der Waals surface area (Å²) in [4.78, 5) is 51.1. The van der Waals surface area contributed by atoms with Crippen LogP contribution in [0.15, 0.2) is 11.6 Å². The van der Waals surface area contributed by atoms with Gasteiger partial charge in [0.15, 0.2) is 24.6 Å². The van der Waals surface area contributed by atoms with Crippen LogP contribution in [0.2, 0.25) is 0 Å². The normalized spacial score (nSPS) is 45.1. The van der Waals surface area contributed by atoms with Crippen LogP contribution in [-0.4, -0.2) is 89.7 Å². The van der Waals surface area contributed by atoms with Crippen molar-refractivity contribution in [1.29, 1.82) is 0 Å². The van der Waals surface area contributed by atoms with Crippen LogP contribution in [0.3, 0.4) is 0 Å². The summed E-state index contributed by atoms with van der Waals surface area (Å²) in [6.07, 6.45) is 4.42. The van der Waals surface area contributed by atoms with Crippen molar-refractivity contribution in [3.63, 3.8) is 0 Å². The summed E-state index contributed by atoms with van der Waals surface area (Å²) < 4.78 is 30.5. The maximum atomic E-state index is 13.8. The number of aliphatic hydroxyl groups is 1. The van der Waals surface area contributed by atoms with Crippen molar-refractivity contribution in [2.24, 2.45) is 45.8 Å². The highest BCUT2D eigenvalue weighted by molar-refractivity contribution is 5.90. The Morgan fingerprint density at radius 2 is 1.80 bits per heavy atom. The van der Waals surface area contributed by atoms with Crippen molar-refractivity contribution in [3.8, 4) is 0 Å². The lowest BCUT2D eigenvalue weighted by molar-refractivity contribution is -0.386. The molecule has 0 aromatic rings. The lowest BCUT2D eigenvalue weighted by Gasteiger charge is -2.58. The van der Waals surface area contributed by atoms with Crippen molar-refractivity contribution in [2.45, 2.75) is 135 Å². The van der Waals surface area contributed by atoms with Crippen molar-refractivity contribution in [1.82, 2.24) is 0 Å². The SMILES string of the molecule is CO[C@@H]1[C@@H](C)O[C@@H](OCC23CC4C(CC[C@H]4C)[C@@]4(C=O)CC2C=C(C(C)C)[C@]34C(=O)O)[C@@H](O)[C@@]12OC(=O)[C@H](CCCCCCCC(=O)O)O2. The topological polar surface area (TPSA) is 175 Å². The van der Waals surface area contributed by atoms with Gasteiger partial charge >= 0.3 is 17.9 Å². The van der Waals surface area contributed by atoms with Gasteiger partial charge in [0.05, 0.1) is 18.1 Å². The third-order valence-electron chi connectivity index (χ3n) is 13.4. The van der Waals surface area contributed by atoms with E-state index >= 15 is 0 Å². The number of fused-ring (bicyclic) bond motifs is 2. The van der Waals surface area contributed by atoms with Gasteiger partial charge in [-0.2, -0.15) is 0 Å². The first-order valence-electron chi connectivity index (χ1n) is 18.3. The second-order valence-electron chi connectivity index (χ2n) is 16.1. The monoisotopic (exact) mass is 690 g/mol. The smallest absolute Gasteiger partial charge is 0.338 e. The highest BCUT2D eigenvalue weighted by atomic mass is 16.8. The number of hydrogen-bond acceptors (Lipinski definition) is 10. The number of rotatable bonds is 15. The first-order valence-corrected chi connectivity index (χ1v) is 18.3. The van der Waals surface area contributed by atoms with Crippen molar-refractivity contribution in [3.05, 3.63) is 11.6 Å². The van der Waals surface area contributed by atoms with Crippen LogP contribution in [0.5, 0.6) is 0 Å². The van der Waals surface area contributed by atoms with Crippen LogP contribution in [0, 0.1) is 45.8 Å². The average molecular weight is 691 g/mol. The molecular weight excluding hydrogens is 636 g/mol. The molecule has 5 fully saturated rings. The molecule has 274 valence electrons. The number of unbranched alkanes of at least 4 members (excludes halogenated alkanes) is 4. The molecule has 4 unspecified atom stereocenters. The predicted octanol–water partition coefficient (Wildman–Crippen LogP) is 4.50. The van der Waals surface area contributed by atoms with Crippen LogP contribution in [0.1, 0.15) is 98.3 Å². The third-order valence-corrected chi connectivity index (χ3v) is 13.4. The lowest BCUT2D eigenvalue weighted by Crippen LogP contribution is -2.68. The molecule has 0 radical (unpaired) electrons. The third kappa shape index (κ3) is 5.17. The van der Waals surface area contributed by atoms with E-state index in [-0.39, 0.29) is 36.7 Å². The summed E-state index contributed by atoms with van der Waals surface area (Å²) in [6, 6.07) is 0. The van der Waals surface area contributed by atoms with Gasteiger partial charge in [-0.15, -0.1) is 0 Å². The molecule has 0 aromatic carbocycles. The second-order valence-corrected chi connectivity index (χ2v) is 16.1. The number of ether oxygens (including phenoxy) is 5. The summed E-state index contributed by atoms with van der Waals surface area (Å²) in [5.74, 6) is -4.13. The van der Waals surface area contributed by atoms with E-state index in [1.807, 2.05) is 13.8 Å². The molecule has 6 aliphatic rings. The maximum Gasteiger partial charge on any atom is 0.338 e. The molecule has 2 saturated heterocycles. The van der Waals surface area contributed by atoms with Gasteiger partial charge in [0.2, 0.25) is 0 Å². The molecule has 6 rings (SSSR count). The molecule has 0 aromatic heterocycles. The maximum absolute atomic E-state index is 13.8. The number of carboxylic acids is 2. The minimum Gasteiger partial charge on any atom is -0.481 e. The number of hydrogen-bond donors (Lipinski definition) is 3. The number of carbonyl (C=O) groups excluding carboxylic acids is 2. The van der Waals surface area contributed by atoms with E-state index in [0.29, 0.717) is 38.0 Å². The molecular formula is C37H54O12. The molecule has 12 nitrogen and oxygen atoms in total. The van der Waals surface area contributed by atoms with E-state index in [4.69, 9.17) is 28.8 Å². The van der Waals surface area contributed by atoms with Crippen LogP contribution in [-0.2, 0) is 42.9 Å². The highest BCUT2D eigenvalue weighted by Gasteiger charge is 2.84. The van der Waals surface area contributed by atoms with Crippen LogP contribution in [0.4, 0.5) is 0 Å². The molecule has 2 heterocycles. The number of carboxylic acid groups (broad SMARTS) is 2. The molecule has 1 spiro atoms. The molecule has 0 amide bonds. The Hall–Kier alpha value is -2.38. The van der Waals surface area contributed by atoms with Crippen molar-refractivity contribution in [2.75, 3.05) is 13.7 Å². The minimum atomic E-state index is -1.90. The van der Waals surface area contributed by atoms with Gasteiger partial charge in [-0.3, -0.25) is 9.59 Å². The number of carbonyl (C=O) groups is 4. The van der Waals surface area contributed by atoms with Gasteiger partial charge in [-0.25, -0.2) is 4.79 Å².